The van der Waals surface area contributed by atoms with Gasteiger partial charge >= 0.3 is 0 Å². The van der Waals surface area contributed by atoms with Crippen LogP contribution in [0, 0.1) is 0 Å². The van der Waals surface area contributed by atoms with Gasteiger partial charge in [0.1, 0.15) is 5.75 Å². The summed E-state index contributed by atoms with van der Waals surface area (Å²) in [5.41, 5.74) is 1.78. The fourth-order valence-electron chi connectivity index (χ4n) is 3.07. The van der Waals surface area contributed by atoms with E-state index in [2.05, 4.69) is 0 Å². The maximum absolute atomic E-state index is 12.4. The lowest BCUT2D eigenvalue weighted by Crippen LogP contribution is -2.39. The van der Waals surface area contributed by atoms with Gasteiger partial charge in [0.25, 0.3) is 0 Å². The Bertz CT molecular complexity index is 538. The van der Waals surface area contributed by atoms with Gasteiger partial charge in [-0.15, -0.1) is 0 Å². The minimum absolute atomic E-state index is 0.0179. The molecular formula is C14H15NO3. The Morgan fingerprint density at radius 2 is 2.22 bits per heavy atom. The number of Topliss-reactive ketones (excluding diaryl/α,β-unsaturated/α-hetero) is 1. The van der Waals surface area contributed by atoms with E-state index < -0.39 is 0 Å². The van der Waals surface area contributed by atoms with Crippen LogP contribution in [0.2, 0.25) is 0 Å². The zero-order chi connectivity index (χ0) is 12.9. The summed E-state index contributed by atoms with van der Waals surface area (Å²) in [4.78, 5) is 25.6. The maximum atomic E-state index is 12.4. The number of carbonyl (C=O) groups is 2. The molecule has 0 N–H and O–H groups in total. The Morgan fingerprint density at radius 3 is 2.89 bits per heavy atom. The zero-order valence-electron chi connectivity index (χ0n) is 10.5. The Hall–Kier alpha value is -1.84. The van der Waals surface area contributed by atoms with E-state index in [0.717, 1.165) is 23.3 Å². The van der Waals surface area contributed by atoms with Crippen molar-refractivity contribution in [2.75, 3.05) is 13.7 Å². The summed E-state index contributed by atoms with van der Waals surface area (Å²) < 4.78 is 5.20. The molecule has 0 radical (unpaired) electrons. The van der Waals surface area contributed by atoms with Crippen molar-refractivity contribution in [3.05, 3.63) is 29.3 Å². The van der Waals surface area contributed by atoms with E-state index in [0.29, 0.717) is 6.54 Å². The van der Waals surface area contributed by atoms with Crippen molar-refractivity contribution in [2.24, 2.45) is 0 Å². The van der Waals surface area contributed by atoms with Crippen LogP contribution in [0.4, 0.5) is 0 Å². The van der Waals surface area contributed by atoms with Crippen LogP contribution in [0.3, 0.4) is 0 Å². The van der Waals surface area contributed by atoms with Crippen LogP contribution < -0.4 is 4.74 Å². The van der Waals surface area contributed by atoms with Crippen LogP contribution in [0.15, 0.2) is 18.2 Å². The van der Waals surface area contributed by atoms with Crippen molar-refractivity contribution in [3.63, 3.8) is 0 Å². The second-order valence-corrected chi connectivity index (χ2v) is 4.94. The molecule has 1 heterocycles. The lowest BCUT2D eigenvalue weighted by Gasteiger charge is -2.23. The van der Waals surface area contributed by atoms with E-state index >= 15 is 0 Å². The van der Waals surface area contributed by atoms with Gasteiger partial charge in [-0.2, -0.15) is 0 Å². The number of hydrogen-bond donors (Lipinski definition) is 0. The lowest BCUT2D eigenvalue weighted by atomic mass is 9.83. The van der Waals surface area contributed by atoms with Crippen LogP contribution in [0.5, 0.6) is 5.75 Å². The molecule has 1 saturated heterocycles. The average Bonchev–Trinajstić information content (AvgIpc) is 2.77. The number of amides is 1. The normalized spacial score (nSPS) is 25.0. The quantitative estimate of drug-likeness (QED) is 0.755. The van der Waals surface area contributed by atoms with Gasteiger partial charge < -0.3 is 9.64 Å². The molecule has 0 spiro atoms. The molecule has 3 rings (SSSR count). The van der Waals surface area contributed by atoms with E-state index in [9.17, 15) is 9.59 Å². The second kappa shape index (κ2) is 3.83. The average molecular weight is 245 g/mol. The standard InChI is InChI=1S/C14H15NO3/c1-8(16)15-7-9-5-13(15)14(17)11-4-3-10(18-2)6-12(9)11/h3-4,6,9,13H,5,7H2,1-2H3/t9-,13-/m0/s1. The summed E-state index contributed by atoms with van der Waals surface area (Å²) in [6.07, 6.45) is 0.749. The van der Waals surface area contributed by atoms with Crippen LogP contribution in [0.25, 0.3) is 0 Å². The van der Waals surface area contributed by atoms with Crippen LogP contribution in [-0.4, -0.2) is 36.3 Å². The highest BCUT2D eigenvalue weighted by molar-refractivity contribution is 6.05. The molecule has 1 aromatic rings. The molecular weight excluding hydrogens is 230 g/mol. The van der Waals surface area contributed by atoms with Crippen molar-refractivity contribution >= 4 is 11.7 Å². The summed E-state index contributed by atoms with van der Waals surface area (Å²) in [6, 6.07) is 5.30. The number of methoxy groups -OCH3 is 1. The van der Waals surface area contributed by atoms with Crippen molar-refractivity contribution in [2.45, 2.75) is 25.3 Å². The number of ether oxygens (including phenoxy) is 1. The highest BCUT2D eigenvalue weighted by Gasteiger charge is 2.44. The van der Waals surface area contributed by atoms with E-state index in [1.54, 1.807) is 18.1 Å². The summed E-state index contributed by atoms with van der Waals surface area (Å²) in [7, 11) is 1.62. The van der Waals surface area contributed by atoms with E-state index in [4.69, 9.17) is 4.74 Å². The highest BCUT2D eigenvalue weighted by atomic mass is 16.5. The van der Waals surface area contributed by atoms with Gasteiger partial charge in [0, 0.05) is 24.9 Å². The SMILES string of the molecule is COc1ccc2c(c1)[C@H]1C[C@@H](C2=O)N(C(C)=O)C1. The van der Waals surface area contributed by atoms with E-state index in [-0.39, 0.29) is 23.7 Å². The summed E-state index contributed by atoms with van der Waals surface area (Å²) in [6.45, 7) is 2.17. The molecule has 0 unspecified atom stereocenters. The highest BCUT2D eigenvalue weighted by Crippen LogP contribution is 2.41. The molecule has 1 aliphatic carbocycles. The van der Waals surface area contributed by atoms with Crippen LogP contribution >= 0.6 is 0 Å². The van der Waals surface area contributed by atoms with Crippen LogP contribution in [-0.2, 0) is 4.79 Å². The third-order valence-corrected chi connectivity index (χ3v) is 3.97. The summed E-state index contributed by atoms with van der Waals surface area (Å²) in [5.74, 6) is 1.08. The zero-order valence-corrected chi connectivity index (χ0v) is 10.5. The first-order chi connectivity index (χ1) is 8.61. The molecule has 1 amide bonds. The number of hydrogen-bond acceptors (Lipinski definition) is 3. The van der Waals surface area contributed by atoms with Crippen molar-refractivity contribution in [1.82, 2.24) is 4.90 Å². The van der Waals surface area contributed by atoms with Crippen LogP contribution in [0.1, 0.15) is 35.2 Å². The first-order valence-electron chi connectivity index (χ1n) is 6.11. The molecule has 18 heavy (non-hydrogen) atoms. The molecule has 0 saturated carbocycles. The minimum Gasteiger partial charge on any atom is -0.497 e. The van der Waals surface area contributed by atoms with E-state index in [1.807, 2.05) is 12.1 Å². The van der Waals surface area contributed by atoms with Gasteiger partial charge in [0.05, 0.1) is 13.2 Å². The topological polar surface area (TPSA) is 46.6 Å². The fourth-order valence-corrected chi connectivity index (χ4v) is 3.07. The van der Waals surface area contributed by atoms with Gasteiger partial charge in [0.15, 0.2) is 5.78 Å². The monoisotopic (exact) mass is 245 g/mol. The lowest BCUT2D eigenvalue weighted by molar-refractivity contribution is -0.128. The number of fused-ring (bicyclic) bond motifs is 4. The molecule has 2 aliphatic rings. The molecule has 1 aromatic carbocycles. The summed E-state index contributed by atoms with van der Waals surface area (Å²) >= 11 is 0. The predicted molar refractivity (Wildman–Crippen MR) is 65.9 cm³/mol. The number of ketones is 1. The first kappa shape index (κ1) is 11.3. The largest absolute Gasteiger partial charge is 0.497 e. The van der Waals surface area contributed by atoms with Gasteiger partial charge in [-0.3, -0.25) is 9.59 Å². The maximum Gasteiger partial charge on any atom is 0.220 e. The fraction of sp³-hybridized carbons (Fsp3) is 0.429. The molecule has 94 valence electrons. The van der Waals surface area contributed by atoms with Gasteiger partial charge in [-0.1, -0.05) is 0 Å². The predicted octanol–water partition coefficient (Wildman–Crippen LogP) is 1.60. The Labute approximate surface area is 106 Å². The minimum atomic E-state index is -0.256. The molecule has 4 nitrogen and oxygen atoms in total. The Morgan fingerprint density at radius 1 is 1.44 bits per heavy atom. The molecule has 4 heteroatoms. The number of rotatable bonds is 1. The number of benzene rings is 1. The van der Waals surface area contributed by atoms with Crippen molar-refractivity contribution in [1.29, 1.82) is 0 Å². The van der Waals surface area contributed by atoms with Gasteiger partial charge in [-0.25, -0.2) is 0 Å². The Balaban J connectivity index is 2.07. The smallest absolute Gasteiger partial charge is 0.220 e. The molecule has 1 fully saturated rings. The molecule has 0 aromatic heterocycles. The number of likely N-dealkylation sites (tertiary alicyclic amines) is 1. The molecule has 2 atom stereocenters. The third-order valence-electron chi connectivity index (χ3n) is 3.97. The second-order valence-electron chi connectivity index (χ2n) is 4.94. The number of carbonyl (C=O) groups excluding carboxylic acids is 2. The first-order valence-corrected chi connectivity index (χ1v) is 6.11. The number of nitrogens with zero attached hydrogens (tertiary/aromatic N) is 1. The Kier molecular flexibility index (Phi) is 2.40. The van der Waals surface area contributed by atoms with E-state index in [1.165, 1.54) is 6.92 Å². The third kappa shape index (κ3) is 1.45. The van der Waals surface area contributed by atoms with Gasteiger partial charge in [0.2, 0.25) is 5.91 Å². The molecule has 2 bridgehead atoms. The summed E-state index contributed by atoms with van der Waals surface area (Å²) in [5, 5.41) is 0. The van der Waals surface area contributed by atoms with Crippen molar-refractivity contribution in [3.8, 4) is 5.75 Å². The van der Waals surface area contributed by atoms with Gasteiger partial charge in [-0.05, 0) is 30.2 Å². The van der Waals surface area contributed by atoms with Crippen molar-refractivity contribution < 1.29 is 14.3 Å². The molecule has 1 aliphatic heterocycles.